The van der Waals surface area contributed by atoms with Crippen molar-refractivity contribution in [3.63, 3.8) is 0 Å². The van der Waals surface area contributed by atoms with E-state index in [4.69, 9.17) is 0 Å². The zero-order valence-corrected chi connectivity index (χ0v) is 12.5. The highest BCUT2D eigenvalue weighted by Gasteiger charge is 2.23. The summed E-state index contributed by atoms with van der Waals surface area (Å²) in [6.07, 6.45) is -1.67. The second kappa shape index (κ2) is 7.66. The van der Waals surface area contributed by atoms with Gasteiger partial charge in [-0.1, -0.05) is 19.1 Å². The zero-order valence-electron chi connectivity index (χ0n) is 11.6. The second-order valence-corrected chi connectivity index (χ2v) is 6.54. The van der Waals surface area contributed by atoms with Crippen molar-refractivity contribution >= 4 is 10.0 Å². The van der Waals surface area contributed by atoms with Crippen LogP contribution in [0.2, 0.25) is 0 Å². The van der Waals surface area contributed by atoms with Crippen LogP contribution in [0.4, 0.5) is 8.78 Å². The Hall–Kier alpha value is -1.05. The van der Waals surface area contributed by atoms with Gasteiger partial charge < -0.3 is 5.32 Å². The van der Waals surface area contributed by atoms with E-state index >= 15 is 0 Å². The van der Waals surface area contributed by atoms with Crippen LogP contribution in [0.25, 0.3) is 0 Å². The van der Waals surface area contributed by atoms with Crippen molar-refractivity contribution in [3.8, 4) is 0 Å². The number of rotatable bonds is 8. The summed E-state index contributed by atoms with van der Waals surface area (Å²) in [5.74, 6) is 0. The van der Waals surface area contributed by atoms with Crippen molar-refractivity contribution in [1.29, 1.82) is 0 Å². The van der Waals surface area contributed by atoms with Crippen LogP contribution in [0.5, 0.6) is 0 Å². The molecule has 0 heterocycles. The number of hydrogen-bond donors (Lipinski definition) is 1. The summed E-state index contributed by atoms with van der Waals surface area (Å²) < 4.78 is 49.2. The lowest BCUT2D eigenvalue weighted by molar-refractivity contribution is 0.126. The molecule has 0 aliphatic carbocycles. The van der Waals surface area contributed by atoms with Crippen LogP contribution in [-0.2, 0) is 16.6 Å². The maximum Gasteiger partial charge on any atom is 0.252 e. The molecule has 0 saturated carbocycles. The Kier molecular flexibility index (Phi) is 6.51. The maximum atomic E-state index is 12.3. The zero-order chi connectivity index (χ0) is 15.2. The standard InChI is InChI=1S/C13H20F2N2O2S/c1-3-8-16-9-11-4-6-12(7-5-11)20(18,19)17(2)10-13(14)15/h4-7,13,16H,3,8-10H2,1-2H3. The highest BCUT2D eigenvalue weighted by molar-refractivity contribution is 7.89. The largest absolute Gasteiger partial charge is 0.313 e. The van der Waals surface area contributed by atoms with Gasteiger partial charge in [0.05, 0.1) is 11.4 Å². The Morgan fingerprint density at radius 3 is 2.35 bits per heavy atom. The highest BCUT2D eigenvalue weighted by atomic mass is 32.2. The topological polar surface area (TPSA) is 49.4 Å². The molecule has 1 aromatic rings. The Morgan fingerprint density at radius 1 is 1.25 bits per heavy atom. The molecule has 0 unspecified atom stereocenters. The molecule has 114 valence electrons. The van der Waals surface area contributed by atoms with E-state index in [-0.39, 0.29) is 4.90 Å². The second-order valence-electron chi connectivity index (χ2n) is 4.50. The highest BCUT2D eigenvalue weighted by Crippen LogP contribution is 2.16. The lowest BCUT2D eigenvalue weighted by Gasteiger charge is -2.16. The third kappa shape index (κ3) is 4.81. The lowest BCUT2D eigenvalue weighted by atomic mass is 10.2. The number of sulfonamides is 1. The third-order valence-corrected chi connectivity index (χ3v) is 4.62. The fourth-order valence-corrected chi connectivity index (χ4v) is 2.81. The summed E-state index contributed by atoms with van der Waals surface area (Å²) in [6.45, 7) is 2.79. The fourth-order valence-electron chi connectivity index (χ4n) is 1.66. The van der Waals surface area contributed by atoms with Crippen LogP contribution in [0.15, 0.2) is 29.2 Å². The molecule has 0 saturated heterocycles. The predicted octanol–water partition coefficient (Wildman–Crippen LogP) is 2.07. The summed E-state index contributed by atoms with van der Waals surface area (Å²) in [7, 11) is -2.69. The Bertz CT molecular complexity index is 504. The van der Waals surface area contributed by atoms with Crippen molar-refractivity contribution in [3.05, 3.63) is 29.8 Å². The average Bonchev–Trinajstić information content (AvgIpc) is 2.39. The van der Waals surface area contributed by atoms with E-state index in [0.717, 1.165) is 25.6 Å². The van der Waals surface area contributed by atoms with Gasteiger partial charge in [0, 0.05) is 13.6 Å². The molecule has 0 fully saturated rings. The Morgan fingerprint density at radius 2 is 1.85 bits per heavy atom. The number of hydrogen-bond acceptors (Lipinski definition) is 3. The van der Waals surface area contributed by atoms with Crippen LogP contribution in [0.1, 0.15) is 18.9 Å². The van der Waals surface area contributed by atoms with Gasteiger partial charge in [-0.15, -0.1) is 0 Å². The molecule has 4 nitrogen and oxygen atoms in total. The van der Waals surface area contributed by atoms with Crippen LogP contribution in [0.3, 0.4) is 0 Å². The minimum absolute atomic E-state index is 0.0277. The van der Waals surface area contributed by atoms with Crippen LogP contribution >= 0.6 is 0 Å². The first-order chi connectivity index (χ1) is 9.37. The van der Waals surface area contributed by atoms with Gasteiger partial charge in [0.25, 0.3) is 6.43 Å². The van der Waals surface area contributed by atoms with Gasteiger partial charge in [-0.25, -0.2) is 17.2 Å². The van der Waals surface area contributed by atoms with E-state index in [1.54, 1.807) is 12.1 Å². The summed E-state index contributed by atoms with van der Waals surface area (Å²) in [5, 5.41) is 3.20. The molecule has 0 aliphatic rings. The maximum absolute atomic E-state index is 12.3. The Balaban J connectivity index is 2.76. The number of nitrogens with zero attached hydrogens (tertiary/aromatic N) is 1. The number of nitrogens with one attached hydrogen (secondary N) is 1. The molecule has 0 amide bonds. The van der Waals surface area contributed by atoms with Gasteiger partial charge in [0.2, 0.25) is 10.0 Å². The summed E-state index contributed by atoms with van der Waals surface area (Å²) in [4.78, 5) is 0.0277. The van der Waals surface area contributed by atoms with E-state index in [1.165, 1.54) is 12.1 Å². The van der Waals surface area contributed by atoms with Gasteiger partial charge in [0.15, 0.2) is 0 Å². The van der Waals surface area contributed by atoms with E-state index in [1.807, 2.05) is 0 Å². The van der Waals surface area contributed by atoms with Gasteiger partial charge in [-0.3, -0.25) is 0 Å². The first-order valence-electron chi connectivity index (χ1n) is 6.42. The molecular formula is C13H20F2N2O2S. The van der Waals surface area contributed by atoms with Crippen molar-refractivity contribution in [2.24, 2.45) is 0 Å². The molecular weight excluding hydrogens is 286 g/mol. The minimum Gasteiger partial charge on any atom is -0.313 e. The molecule has 1 rings (SSSR count). The molecule has 0 aromatic heterocycles. The molecule has 1 N–H and O–H groups in total. The van der Waals surface area contributed by atoms with Crippen molar-refractivity contribution in [2.75, 3.05) is 20.1 Å². The molecule has 0 aliphatic heterocycles. The smallest absolute Gasteiger partial charge is 0.252 e. The lowest BCUT2D eigenvalue weighted by Crippen LogP contribution is -2.31. The number of halogens is 2. The van der Waals surface area contributed by atoms with E-state index in [9.17, 15) is 17.2 Å². The number of benzene rings is 1. The van der Waals surface area contributed by atoms with Gasteiger partial charge >= 0.3 is 0 Å². The molecule has 0 spiro atoms. The molecule has 0 bridgehead atoms. The molecule has 20 heavy (non-hydrogen) atoms. The molecule has 7 heteroatoms. The van der Waals surface area contributed by atoms with Gasteiger partial charge in [-0.05, 0) is 30.7 Å². The summed E-state index contributed by atoms with van der Waals surface area (Å²) >= 11 is 0. The quantitative estimate of drug-likeness (QED) is 0.748. The predicted molar refractivity (Wildman–Crippen MR) is 74.3 cm³/mol. The summed E-state index contributed by atoms with van der Waals surface area (Å²) in [6, 6.07) is 6.26. The third-order valence-electron chi connectivity index (χ3n) is 2.78. The fraction of sp³-hybridized carbons (Fsp3) is 0.538. The molecule has 0 atom stereocenters. The SMILES string of the molecule is CCCNCc1ccc(S(=O)(=O)N(C)CC(F)F)cc1. The van der Waals surface area contributed by atoms with Crippen molar-refractivity contribution < 1.29 is 17.2 Å². The van der Waals surface area contributed by atoms with E-state index < -0.39 is 23.0 Å². The molecule has 1 aromatic carbocycles. The monoisotopic (exact) mass is 306 g/mol. The van der Waals surface area contributed by atoms with Crippen LogP contribution < -0.4 is 5.32 Å². The van der Waals surface area contributed by atoms with Gasteiger partial charge in [0.1, 0.15) is 0 Å². The van der Waals surface area contributed by atoms with Gasteiger partial charge in [-0.2, -0.15) is 4.31 Å². The first-order valence-corrected chi connectivity index (χ1v) is 7.86. The normalized spacial score (nSPS) is 12.3. The number of alkyl halides is 2. The van der Waals surface area contributed by atoms with E-state index in [2.05, 4.69) is 12.2 Å². The van der Waals surface area contributed by atoms with Crippen LogP contribution in [0, 0.1) is 0 Å². The average molecular weight is 306 g/mol. The Labute approximate surface area is 118 Å². The van der Waals surface area contributed by atoms with Crippen molar-refractivity contribution in [2.45, 2.75) is 31.2 Å². The van der Waals surface area contributed by atoms with Crippen molar-refractivity contribution in [1.82, 2.24) is 9.62 Å². The molecule has 0 radical (unpaired) electrons. The minimum atomic E-state index is -3.84. The first kappa shape index (κ1) is 17.0. The van der Waals surface area contributed by atoms with E-state index in [0.29, 0.717) is 10.8 Å². The van der Waals surface area contributed by atoms with Crippen LogP contribution in [-0.4, -0.2) is 39.3 Å². The summed E-state index contributed by atoms with van der Waals surface area (Å²) in [5.41, 5.74) is 0.953.